The van der Waals surface area contributed by atoms with Gasteiger partial charge in [-0.05, 0) is 66.7 Å². The maximum absolute atomic E-state index is 12.4. The molecule has 1 atom stereocenters. The van der Waals surface area contributed by atoms with Gasteiger partial charge in [0.15, 0.2) is 5.17 Å². The van der Waals surface area contributed by atoms with Gasteiger partial charge in [-0.1, -0.05) is 23.7 Å². The molecule has 0 aliphatic carbocycles. The third-order valence-corrected chi connectivity index (χ3v) is 5.77. The lowest BCUT2D eigenvalue weighted by molar-refractivity contribution is -0.116. The minimum absolute atomic E-state index is 0.188. The van der Waals surface area contributed by atoms with E-state index in [9.17, 15) is 9.59 Å². The highest BCUT2D eigenvalue weighted by atomic mass is 35.5. The molecule has 162 valence electrons. The van der Waals surface area contributed by atoms with Gasteiger partial charge in [-0.2, -0.15) is 4.99 Å². The van der Waals surface area contributed by atoms with Gasteiger partial charge >= 0.3 is 0 Å². The summed E-state index contributed by atoms with van der Waals surface area (Å²) < 4.78 is 0. The van der Waals surface area contributed by atoms with E-state index in [0.717, 1.165) is 16.5 Å². The molecule has 0 bridgehead atoms. The van der Waals surface area contributed by atoms with Gasteiger partial charge in [-0.25, -0.2) is 0 Å². The Morgan fingerprint density at radius 3 is 2.91 bits per heavy atom. The number of benzene rings is 2. The summed E-state index contributed by atoms with van der Waals surface area (Å²) in [6.07, 6.45) is 3.75. The molecule has 32 heavy (non-hydrogen) atoms. The quantitative estimate of drug-likeness (QED) is 0.473. The molecule has 3 aromatic rings. The largest absolute Gasteiger partial charge is 0.333 e. The van der Waals surface area contributed by atoms with Crippen LogP contribution in [0.4, 0.5) is 11.4 Å². The van der Waals surface area contributed by atoms with E-state index >= 15 is 0 Å². The van der Waals surface area contributed by atoms with E-state index in [1.807, 2.05) is 30.3 Å². The zero-order valence-electron chi connectivity index (χ0n) is 17.1. The molecule has 4 rings (SSSR count). The lowest BCUT2D eigenvalue weighted by Gasteiger charge is -2.11. The van der Waals surface area contributed by atoms with Crippen molar-refractivity contribution in [1.82, 2.24) is 4.98 Å². The monoisotopic (exact) mass is 465 g/mol. The Morgan fingerprint density at radius 2 is 2.09 bits per heavy atom. The number of hydrogen-bond donors (Lipinski definition) is 3. The fourth-order valence-electron chi connectivity index (χ4n) is 3.12. The maximum atomic E-state index is 12.4. The molecule has 0 radical (unpaired) electrons. The molecule has 2 aromatic carbocycles. The number of fused-ring (bicyclic) bond motifs is 1. The molecule has 1 aliphatic rings. The number of amides is 2. The van der Waals surface area contributed by atoms with Gasteiger partial charge in [0.05, 0.1) is 21.1 Å². The third-order valence-electron chi connectivity index (χ3n) is 4.54. The number of anilines is 2. The molecule has 1 aromatic heterocycles. The second-order valence-electron chi connectivity index (χ2n) is 7.34. The van der Waals surface area contributed by atoms with Crippen molar-refractivity contribution in [3.05, 3.63) is 70.2 Å². The Balaban J connectivity index is 1.48. The molecule has 0 spiro atoms. The molecule has 9 heteroatoms. The number of amidine groups is 1. The van der Waals surface area contributed by atoms with Crippen LogP contribution < -0.4 is 16.4 Å². The van der Waals surface area contributed by atoms with E-state index in [-0.39, 0.29) is 24.3 Å². The number of thioether (sulfide) groups is 1. The van der Waals surface area contributed by atoms with Gasteiger partial charge < -0.3 is 16.4 Å². The van der Waals surface area contributed by atoms with Crippen LogP contribution >= 0.6 is 23.4 Å². The Bertz CT molecular complexity index is 1270. The molecule has 1 aliphatic heterocycles. The third kappa shape index (κ3) is 5.34. The number of hydrogen-bond acceptors (Lipinski definition) is 6. The number of halogens is 1. The first-order chi connectivity index (χ1) is 15.4. The number of carbonyl (C=O) groups is 2. The fourth-order valence-corrected chi connectivity index (χ4v) is 4.11. The highest BCUT2D eigenvalue weighted by Crippen LogP contribution is 2.32. The summed E-state index contributed by atoms with van der Waals surface area (Å²) in [4.78, 5) is 33.3. The number of carbonyl (C=O) groups excluding carboxylic acids is 2. The summed E-state index contributed by atoms with van der Waals surface area (Å²) in [5.41, 5.74) is 8.54. The van der Waals surface area contributed by atoms with E-state index in [0.29, 0.717) is 26.5 Å². The summed E-state index contributed by atoms with van der Waals surface area (Å²) in [5.74, 6) is -0.520. The molecule has 4 N–H and O–H groups in total. The summed E-state index contributed by atoms with van der Waals surface area (Å²) >= 11 is 7.51. The average molecular weight is 466 g/mol. The minimum Gasteiger partial charge on any atom is -0.333 e. The van der Waals surface area contributed by atoms with E-state index < -0.39 is 0 Å². The van der Waals surface area contributed by atoms with Crippen LogP contribution in [0.3, 0.4) is 0 Å². The van der Waals surface area contributed by atoms with E-state index in [4.69, 9.17) is 17.3 Å². The first kappa shape index (κ1) is 22.0. The fraction of sp³-hybridized carbons (Fsp3) is 0.130. The van der Waals surface area contributed by atoms with Crippen molar-refractivity contribution in [1.29, 1.82) is 0 Å². The van der Waals surface area contributed by atoms with Gasteiger partial charge in [-0.3, -0.25) is 14.6 Å². The van der Waals surface area contributed by atoms with Gasteiger partial charge in [-0.15, -0.1) is 0 Å². The Labute approximate surface area is 194 Å². The molecule has 0 saturated heterocycles. The maximum Gasteiger partial charge on any atom is 0.286 e. The van der Waals surface area contributed by atoms with Crippen molar-refractivity contribution in [2.75, 3.05) is 10.6 Å². The summed E-state index contributed by atoms with van der Waals surface area (Å²) in [6, 6.07) is 14.4. The highest BCUT2D eigenvalue weighted by molar-refractivity contribution is 8.18. The van der Waals surface area contributed by atoms with Crippen molar-refractivity contribution < 1.29 is 9.59 Å². The van der Waals surface area contributed by atoms with Crippen molar-refractivity contribution >= 4 is 68.7 Å². The first-order valence-corrected chi connectivity index (χ1v) is 11.1. The number of rotatable bonds is 5. The standard InChI is InChI=1S/C23H20ClN5O2S/c1-13(25)9-21(30)27-16-5-6-17(24)19(12-16)28-23-29-22(31)20(32-23)11-14-4-7-18-15(10-14)3-2-8-26-18/h2-8,10-13H,9,25H2,1H3,(H,27,30)(H,28,29,31)/t13-/m0/s1. The zero-order valence-corrected chi connectivity index (χ0v) is 18.7. The Kier molecular flexibility index (Phi) is 6.55. The Hall–Kier alpha value is -3.20. The molecular formula is C23H20ClN5O2S. The first-order valence-electron chi connectivity index (χ1n) is 9.87. The number of aliphatic imine (C=N–C) groups is 1. The Morgan fingerprint density at radius 1 is 1.25 bits per heavy atom. The average Bonchev–Trinajstić information content (AvgIpc) is 3.08. The lowest BCUT2D eigenvalue weighted by Crippen LogP contribution is -2.24. The van der Waals surface area contributed by atoms with E-state index in [1.165, 1.54) is 11.8 Å². The molecule has 0 fully saturated rings. The van der Waals surface area contributed by atoms with Crippen LogP contribution in [0.2, 0.25) is 5.02 Å². The molecule has 0 saturated carbocycles. The van der Waals surface area contributed by atoms with Gasteiger partial charge in [0.25, 0.3) is 5.91 Å². The van der Waals surface area contributed by atoms with E-state index in [1.54, 1.807) is 37.4 Å². The second kappa shape index (κ2) is 9.52. The van der Waals surface area contributed by atoms with Crippen LogP contribution in [-0.2, 0) is 9.59 Å². The number of aromatic nitrogens is 1. The summed E-state index contributed by atoms with van der Waals surface area (Å²) in [7, 11) is 0. The summed E-state index contributed by atoms with van der Waals surface area (Å²) in [5, 5.41) is 7.69. The lowest BCUT2D eigenvalue weighted by atomic mass is 10.1. The van der Waals surface area contributed by atoms with Crippen LogP contribution in [0.1, 0.15) is 18.9 Å². The molecule has 7 nitrogen and oxygen atoms in total. The SMILES string of the molecule is C[C@H](N)CC(=O)Nc1ccc(Cl)c(NC2=NC(=O)C(=Cc3ccc4ncccc4c3)S2)c1. The highest BCUT2D eigenvalue weighted by Gasteiger charge is 2.22. The number of nitrogens with one attached hydrogen (secondary N) is 2. The normalized spacial score (nSPS) is 15.7. The predicted octanol–water partition coefficient (Wildman–Crippen LogP) is 4.65. The topological polar surface area (TPSA) is 109 Å². The van der Waals surface area contributed by atoms with Crippen molar-refractivity contribution in [2.45, 2.75) is 19.4 Å². The van der Waals surface area contributed by atoms with Crippen LogP contribution in [0.5, 0.6) is 0 Å². The van der Waals surface area contributed by atoms with Crippen LogP contribution in [0.15, 0.2) is 64.6 Å². The minimum atomic E-state index is -0.332. The molecular weight excluding hydrogens is 446 g/mol. The van der Waals surface area contributed by atoms with E-state index in [2.05, 4.69) is 20.6 Å². The van der Waals surface area contributed by atoms with Gasteiger partial charge in [0.1, 0.15) is 0 Å². The van der Waals surface area contributed by atoms with Crippen molar-refractivity contribution in [3.8, 4) is 0 Å². The van der Waals surface area contributed by atoms with Crippen LogP contribution in [0.25, 0.3) is 17.0 Å². The smallest absolute Gasteiger partial charge is 0.286 e. The number of pyridine rings is 1. The zero-order chi connectivity index (χ0) is 22.7. The number of nitrogens with two attached hydrogens (primary N) is 1. The van der Waals surface area contributed by atoms with Crippen LogP contribution in [0, 0.1) is 0 Å². The molecule has 2 amide bonds. The van der Waals surface area contributed by atoms with Gasteiger partial charge in [0.2, 0.25) is 5.91 Å². The molecule has 0 unspecified atom stereocenters. The van der Waals surface area contributed by atoms with Gasteiger partial charge in [0, 0.05) is 29.7 Å². The predicted molar refractivity (Wildman–Crippen MR) is 132 cm³/mol. The van der Waals surface area contributed by atoms with Crippen LogP contribution in [-0.4, -0.2) is 28.0 Å². The summed E-state index contributed by atoms with van der Waals surface area (Å²) in [6.45, 7) is 1.76. The number of nitrogens with zero attached hydrogens (tertiary/aromatic N) is 2. The van der Waals surface area contributed by atoms with Crippen molar-refractivity contribution in [3.63, 3.8) is 0 Å². The van der Waals surface area contributed by atoms with Crippen molar-refractivity contribution in [2.24, 2.45) is 10.7 Å². The second-order valence-corrected chi connectivity index (χ2v) is 8.78. The molecule has 2 heterocycles.